The summed E-state index contributed by atoms with van der Waals surface area (Å²) in [5.74, 6) is 1.29. The second kappa shape index (κ2) is 9.66. The second-order valence-electron chi connectivity index (χ2n) is 9.82. The van der Waals surface area contributed by atoms with Crippen LogP contribution in [-0.2, 0) is 10.3 Å². The molecule has 2 fully saturated rings. The SMILES string of the molecule is Cc1nc(N2CCC(O)(c3ccc(F)c(F)c3)CC2)cc(N2CCOC[C@@H]2C2C=CC=CC2C)n1. The van der Waals surface area contributed by atoms with Gasteiger partial charge in [-0.15, -0.1) is 0 Å². The first kappa shape index (κ1) is 23.9. The maximum atomic E-state index is 13.8. The molecule has 6 nitrogen and oxygen atoms in total. The molecule has 2 saturated heterocycles. The van der Waals surface area contributed by atoms with Crippen LogP contribution in [0.5, 0.6) is 0 Å². The van der Waals surface area contributed by atoms with Crippen LogP contribution in [0.15, 0.2) is 48.6 Å². The topological polar surface area (TPSA) is 61.7 Å². The van der Waals surface area contributed by atoms with Gasteiger partial charge in [0.2, 0.25) is 0 Å². The quantitative estimate of drug-likeness (QED) is 0.707. The Balaban J connectivity index is 1.35. The van der Waals surface area contributed by atoms with Crippen molar-refractivity contribution in [1.29, 1.82) is 0 Å². The zero-order valence-electron chi connectivity index (χ0n) is 20.2. The van der Waals surface area contributed by atoms with E-state index in [1.54, 1.807) is 0 Å². The van der Waals surface area contributed by atoms with E-state index in [0.717, 1.165) is 30.3 Å². The fourth-order valence-electron chi connectivity index (χ4n) is 5.47. The van der Waals surface area contributed by atoms with Gasteiger partial charge in [0.25, 0.3) is 0 Å². The summed E-state index contributed by atoms with van der Waals surface area (Å²) < 4.78 is 33.0. The third-order valence-electron chi connectivity index (χ3n) is 7.55. The number of rotatable bonds is 4. The normalized spacial score (nSPS) is 26.3. The molecule has 0 spiro atoms. The Morgan fingerprint density at radius 1 is 1.00 bits per heavy atom. The van der Waals surface area contributed by atoms with Gasteiger partial charge in [0.05, 0.1) is 24.9 Å². The van der Waals surface area contributed by atoms with Gasteiger partial charge in [-0.1, -0.05) is 37.3 Å². The highest BCUT2D eigenvalue weighted by Crippen LogP contribution is 2.36. The Hall–Kier alpha value is -2.84. The number of aryl methyl sites for hydroxylation is 1. The molecule has 8 heteroatoms. The summed E-state index contributed by atoms with van der Waals surface area (Å²) in [7, 11) is 0. The van der Waals surface area contributed by atoms with Crippen molar-refractivity contribution in [3.05, 3.63) is 71.6 Å². The maximum absolute atomic E-state index is 13.8. The zero-order valence-corrected chi connectivity index (χ0v) is 20.2. The molecule has 0 bridgehead atoms. The third kappa shape index (κ3) is 4.82. The minimum absolute atomic E-state index is 0.182. The average molecular weight is 483 g/mol. The van der Waals surface area contributed by atoms with Crippen molar-refractivity contribution in [2.75, 3.05) is 42.6 Å². The second-order valence-corrected chi connectivity index (χ2v) is 9.82. The monoisotopic (exact) mass is 482 g/mol. The Bertz CT molecular complexity index is 1130. The molecular formula is C27H32F2N4O2. The number of hydrogen-bond donors (Lipinski definition) is 1. The molecule has 35 heavy (non-hydrogen) atoms. The van der Waals surface area contributed by atoms with Crippen molar-refractivity contribution >= 4 is 11.6 Å². The van der Waals surface area contributed by atoms with Crippen LogP contribution in [-0.4, -0.2) is 54.0 Å². The summed E-state index contributed by atoms with van der Waals surface area (Å²) in [6.45, 7) is 7.29. The zero-order chi connectivity index (χ0) is 24.6. The number of nitrogens with zero attached hydrogens (tertiary/aromatic N) is 4. The number of halogens is 2. The molecule has 5 rings (SSSR count). The van der Waals surface area contributed by atoms with Crippen LogP contribution < -0.4 is 9.80 Å². The van der Waals surface area contributed by atoms with E-state index in [-0.39, 0.29) is 6.04 Å². The van der Waals surface area contributed by atoms with E-state index < -0.39 is 17.2 Å². The van der Waals surface area contributed by atoms with Crippen molar-refractivity contribution in [1.82, 2.24) is 9.97 Å². The van der Waals surface area contributed by atoms with Crippen LogP contribution in [0.2, 0.25) is 0 Å². The largest absolute Gasteiger partial charge is 0.385 e. The third-order valence-corrected chi connectivity index (χ3v) is 7.55. The van der Waals surface area contributed by atoms with Crippen LogP contribution in [0.25, 0.3) is 0 Å². The molecule has 2 aromatic rings. The Kier molecular flexibility index (Phi) is 6.59. The molecule has 0 amide bonds. The molecule has 2 aliphatic heterocycles. The molecule has 0 saturated carbocycles. The number of allylic oxidation sites excluding steroid dienone is 3. The molecule has 186 valence electrons. The summed E-state index contributed by atoms with van der Waals surface area (Å²) in [5.41, 5.74) is -0.780. The van der Waals surface area contributed by atoms with Gasteiger partial charge in [-0.2, -0.15) is 0 Å². The predicted octanol–water partition coefficient (Wildman–Crippen LogP) is 4.13. The summed E-state index contributed by atoms with van der Waals surface area (Å²) in [4.78, 5) is 13.9. The summed E-state index contributed by atoms with van der Waals surface area (Å²) in [5, 5.41) is 11.2. The highest BCUT2D eigenvalue weighted by atomic mass is 19.2. The molecule has 1 aliphatic carbocycles. The highest BCUT2D eigenvalue weighted by Gasteiger charge is 2.36. The number of piperidine rings is 1. The number of ether oxygens (including phenoxy) is 1. The van der Waals surface area contributed by atoms with Crippen LogP contribution >= 0.6 is 0 Å². The lowest BCUT2D eigenvalue weighted by Gasteiger charge is -2.43. The van der Waals surface area contributed by atoms with Gasteiger partial charge in [0.15, 0.2) is 11.6 Å². The lowest BCUT2D eigenvalue weighted by molar-refractivity contribution is 0.0113. The van der Waals surface area contributed by atoms with Crippen molar-refractivity contribution in [3.63, 3.8) is 0 Å². The molecule has 1 aromatic carbocycles. The van der Waals surface area contributed by atoms with Gasteiger partial charge in [-0.25, -0.2) is 18.7 Å². The molecule has 1 N–H and O–H groups in total. The molecule has 3 aliphatic rings. The highest BCUT2D eigenvalue weighted by molar-refractivity contribution is 5.53. The number of hydrogen-bond acceptors (Lipinski definition) is 6. The van der Waals surface area contributed by atoms with Gasteiger partial charge in [0.1, 0.15) is 17.5 Å². The first-order chi connectivity index (χ1) is 16.8. The van der Waals surface area contributed by atoms with E-state index in [4.69, 9.17) is 14.7 Å². The van der Waals surface area contributed by atoms with Crippen LogP contribution in [0.1, 0.15) is 31.2 Å². The Morgan fingerprint density at radius 3 is 2.49 bits per heavy atom. The van der Waals surface area contributed by atoms with E-state index in [1.165, 1.54) is 6.07 Å². The predicted molar refractivity (Wildman–Crippen MR) is 131 cm³/mol. The lowest BCUT2D eigenvalue weighted by atomic mass is 9.83. The number of morpholine rings is 1. The molecular weight excluding hydrogens is 450 g/mol. The van der Waals surface area contributed by atoms with Gasteiger partial charge < -0.3 is 19.6 Å². The van der Waals surface area contributed by atoms with E-state index in [0.29, 0.717) is 62.4 Å². The maximum Gasteiger partial charge on any atom is 0.159 e. The fraction of sp³-hybridized carbons (Fsp3) is 0.481. The molecule has 1 aromatic heterocycles. The van der Waals surface area contributed by atoms with Crippen molar-refractivity contribution in [2.24, 2.45) is 11.8 Å². The van der Waals surface area contributed by atoms with Gasteiger partial charge in [-0.3, -0.25) is 0 Å². The van der Waals surface area contributed by atoms with E-state index in [1.807, 2.05) is 13.0 Å². The average Bonchev–Trinajstić information content (AvgIpc) is 2.86. The first-order valence-corrected chi connectivity index (χ1v) is 12.3. The van der Waals surface area contributed by atoms with Crippen molar-refractivity contribution in [3.8, 4) is 0 Å². The minimum Gasteiger partial charge on any atom is -0.385 e. The number of anilines is 2. The number of benzene rings is 1. The minimum atomic E-state index is -1.19. The summed E-state index contributed by atoms with van der Waals surface area (Å²) in [6.07, 6.45) is 9.49. The van der Waals surface area contributed by atoms with E-state index in [2.05, 4.69) is 41.0 Å². The lowest BCUT2D eigenvalue weighted by Crippen LogP contribution is -2.51. The standard InChI is InChI=1S/C27H32F2N4O2/c1-18-5-3-4-6-21(18)24-17-35-14-13-33(24)26-16-25(30-19(2)31-26)32-11-9-27(34,10-12-32)20-7-8-22(28)23(29)15-20/h3-8,15-16,18,21,24,34H,9-14,17H2,1-2H3/t18?,21?,24-/m1/s1. The van der Waals surface area contributed by atoms with Crippen LogP contribution in [0, 0.1) is 30.4 Å². The van der Waals surface area contributed by atoms with E-state index >= 15 is 0 Å². The summed E-state index contributed by atoms with van der Waals surface area (Å²) >= 11 is 0. The number of aliphatic hydroxyl groups is 1. The molecule has 2 unspecified atom stereocenters. The van der Waals surface area contributed by atoms with Gasteiger partial charge in [-0.05, 0) is 43.4 Å². The van der Waals surface area contributed by atoms with Gasteiger partial charge in [0, 0.05) is 31.6 Å². The van der Waals surface area contributed by atoms with Crippen LogP contribution in [0.3, 0.4) is 0 Å². The summed E-state index contributed by atoms with van der Waals surface area (Å²) in [6, 6.07) is 5.86. The fourth-order valence-corrected chi connectivity index (χ4v) is 5.47. The Labute approximate surface area is 204 Å². The van der Waals surface area contributed by atoms with Crippen LogP contribution in [0.4, 0.5) is 20.4 Å². The molecule has 3 heterocycles. The molecule has 3 atom stereocenters. The molecule has 0 radical (unpaired) electrons. The van der Waals surface area contributed by atoms with E-state index in [9.17, 15) is 13.9 Å². The smallest absolute Gasteiger partial charge is 0.159 e. The Morgan fingerprint density at radius 2 is 1.74 bits per heavy atom. The van der Waals surface area contributed by atoms with Gasteiger partial charge >= 0.3 is 0 Å². The van der Waals surface area contributed by atoms with Crippen molar-refractivity contribution < 1.29 is 18.6 Å². The first-order valence-electron chi connectivity index (χ1n) is 12.3. The number of aromatic nitrogens is 2. The van der Waals surface area contributed by atoms with Crippen molar-refractivity contribution in [2.45, 2.75) is 38.3 Å².